The van der Waals surface area contributed by atoms with E-state index in [0.29, 0.717) is 16.5 Å². The molecule has 1 fully saturated rings. The van der Waals surface area contributed by atoms with Gasteiger partial charge in [-0.3, -0.25) is 9.59 Å². The smallest absolute Gasteiger partial charge is 0.253 e. The molecule has 0 radical (unpaired) electrons. The molecule has 4 rings (SSSR count). The van der Waals surface area contributed by atoms with E-state index in [-0.39, 0.29) is 29.5 Å². The minimum absolute atomic E-state index is 0.0265. The van der Waals surface area contributed by atoms with Crippen LogP contribution >= 0.6 is 22.9 Å². The molecule has 38 heavy (non-hydrogen) atoms. The number of carbonyl (C=O) groups excluding carboxylic acids is 2. The van der Waals surface area contributed by atoms with Crippen molar-refractivity contribution in [2.45, 2.75) is 45.2 Å². The van der Waals surface area contributed by atoms with E-state index in [4.69, 9.17) is 21.3 Å². The molecule has 4 heterocycles. The van der Waals surface area contributed by atoms with Crippen molar-refractivity contribution in [3.63, 3.8) is 0 Å². The Morgan fingerprint density at radius 1 is 1.18 bits per heavy atom. The van der Waals surface area contributed by atoms with Gasteiger partial charge in [-0.15, -0.1) is 11.3 Å². The number of anilines is 2. The molecule has 0 saturated carbocycles. The van der Waals surface area contributed by atoms with Gasteiger partial charge in [-0.25, -0.2) is 22.4 Å². The third-order valence-electron chi connectivity index (χ3n) is 5.77. The molecule has 2 amide bonds. The third kappa shape index (κ3) is 6.34. The van der Waals surface area contributed by atoms with E-state index in [9.17, 15) is 18.0 Å². The molecular weight excluding hydrogens is 552 g/mol. The second-order valence-corrected chi connectivity index (χ2v) is 12.9. The van der Waals surface area contributed by atoms with Crippen molar-refractivity contribution in [2.75, 3.05) is 29.9 Å². The molecule has 0 unspecified atom stereocenters. The molecule has 2 atom stereocenters. The molecule has 0 aromatic carbocycles. The molecule has 0 bridgehead atoms. The summed E-state index contributed by atoms with van der Waals surface area (Å²) in [6, 6.07) is 6.96. The van der Waals surface area contributed by atoms with Crippen LogP contribution in [0.25, 0.3) is 11.4 Å². The van der Waals surface area contributed by atoms with Crippen LogP contribution in [0.2, 0.25) is 5.15 Å². The van der Waals surface area contributed by atoms with E-state index in [2.05, 4.69) is 20.5 Å². The van der Waals surface area contributed by atoms with Gasteiger partial charge in [-0.05, 0) is 45.9 Å². The van der Waals surface area contributed by atoms with E-state index in [1.165, 1.54) is 31.3 Å². The van der Waals surface area contributed by atoms with Gasteiger partial charge >= 0.3 is 0 Å². The van der Waals surface area contributed by atoms with Crippen LogP contribution in [-0.4, -0.2) is 71.3 Å². The number of halogens is 1. The fraction of sp³-hybridized carbons (Fsp3) is 0.417. The fourth-order valence-corrected chi connectivity index (χ4v) is 6.13. The highest BCUT2D eigenvalue weighted by Gasteiger charge is 2.25. The van der Waals surface area contributed by atoms with Crippen molar-refractivity contribution in [1.82, 2.24) is 19.3 Å². The predicted molar refractivity (Wildman–Crippen MR) is 147 cm³/mol. The van der Waals surface area contributed by atoms with Crippen LogP contribution in [-0.2, 0) is 19.6 Å². The summed E-state index contributed by atoms with van der Waals surface area (Å²) < 4.78 is 31.4. The standard InChI is InChI=1S/C24H29ClN6O5S2/c1-14(2)38(34,35)31-12-17(8-20(31)25)23(33)26-9-22(32)29-24-28-19(13-37-24)18-6-5-7-21(27-18)30-10-15(3)36-16(4)11-30/h5-8,12-16H,9-11H2,1-4H3,(H,26,33)(H,28,29,32)/t15-,16+. The van der Waals surface area contributed by atoms with Gasteiger partial charge in [-0.1, -0.05) is 17.7 Å². The number of rotatable bonds is 8. The lowest BCUT2D eigenvalue weighted by molar-refractivity contribution is -0.115. The summed E-state index contributed by atoms with van der Waals surface area (Å²) >= 11 is 7.25. The number of morpholine rings is 1. The Balaban J connectivity index is 1.35. The molecule has 1 aliphatic heterocycles. The average molecular weight is 581 g/mol. The molecular formula is C24H29ClN6O5S2. The Labute approximate surface area is 230 Å². The van der Waals surface area contributed by atoms with Crippen molar-refractivity contribution in [3.8, 4) is 11.4 Å². The topological polar surface area (TPSA) is 136 Å². The summed E-state index contributed by atoms with van der Waals surface area (Å²) in [5.74, 6) is -0.286. The van der Waals surface area contributed by atoms with E-state index in [1.54, 1.807) is 5.38 Å². The third-order valence-corrected chi connectivity index (χ3v) is 8.97. The number of carbonyl (C=O) groups is 2. The summed E-state index contributed by atoms with van der Waals surface area (Å²) in [5.41, 5.74) is 1.32. The van der Waals surface area contributed by atoms with Crippen molar-refractivity contribution in [1.29, 1.82) is 0 Å². The van der Waals surface area contributed by atoms with Gasteiger partial charge in [0.2, 0.25) is 15.9 Å². The van der Waals surface area contributed by atoms with Gasteiger partial charge in [0.1, 0.15) is 16.7 Å². The average Bonchev–Trinajstić information content (AvgIpc) is 3.49. The minimum atomic E-state index is -3.72. The van der Waals surface area contributed by atoms with Crippen LogP contribution in [0.15, 0.2) is 35.8 Å². The molecule has 204 valence electrons. The highest BCUT2D eigenvalue weighted by Crippen LogP contribution is 2.26. The second kappa shape index (κ2) is 11.4. The maximum Gasteiger partial charge on any atom is 0.253 e. The monoisotopic (exact) mass is 580 g/mol. The summed E-state index contributed by atoms with van der Waals surface area (Å²) in [6.45, 7) is 8.24. The summed E-state index contributed by atoms with van der Waals surface area (Å²) in [5, 5.41) is 6.44. The van der Waals surface area contributed by atoms with Crippen molar-refractivity contribution < 1.29 is 22.7 Å². The van der Waals surface area contributed by atoms with Gasteiger partial charge in [0, 0.05) is 24.7 Å². The number of hydrogen-bond acceptors (Lipinski definition) is 9. The highest BCUT2D eigenvalue weighted by atomic mass is 35.5. The SMILES string of the molecule is CC(C)S(=O)(=O)n1cc(C(=O)NCC(=O)Nc2nc(-c3cccc(N4C[C@@H](C)O[C@@H](C)C4)n3)cs2)cc1Cl. The maximum absolute atomic E-state index is 12.5. The lowest BCUT2D eigenvalue weighted by Crippen LogP contribution is -2.45. The van der Waals surface area contributed by atoms with E-state index in [1.807, 2.05) is 32.0 Å². The summed E-state index contributed by atoms with van der Waals surface area (Å²) in [4.78, 5) is 36.3. The number of aromatic nitrogens is 3. The molecule has 0 spiro atoms. The van der Waals surface area contributed by atoms with Crippen molar-refractivity contribution in [3.05, 3.63) is 46.6 Å². The summed E-state index contributed by atoms with van der Waals surface area (Å²) in [7, 11) is -3.72. The van der Waals surface area contributed by atoms with E-state index < -0.39 is 27.1 Å². The molecule has 3 aromatic heterocycles. The fourth-order valence-electron chi connectivity index (χ4n) is 3.95. The Morgan fingerprint density at radius 3 is 2.58 bits per heavy atom. The van der Waals surface area contributed by atoms with Crippen LogP contribution < -0.4 is 15.5 Å². The Kier molecular flexibility index (Phi) is 8.40. The predicted octanol–water partition coefficient (Wildman–Crippen LogP) is 3.23. The van der Waals surface area contributed by atoms with Crippen LogP contribution in [0, 0.1) is 0 Å². The number of amides is 2. The first-order chi connectivity index (χ1) is 17.9. The molecule has 11 nitrogen and oxygen atoms in total. The first-order valence-corrected chi connectivity index (χ1v) is 14.7. The zero-order chi connectivity index (χ0) is 27.6. The first kappa shape index (κ1) is 28.0. The second-order valence-electron chi connectivity index (χ2n) is 9.25. The highest BCUT2D eigenvalue weighted by molar-refractivity contribution is 7.90. The Morgan fingerprint density at radius 2 is 1.89 bits per heavy atom. The minimum Gasteiger partial charge on any atom is -0.372 e. The quantitative estimate of drug-likeness (QED) is 0.414. The Bertz CT molecular complexity index is 1430. The number of nitrogens with zero attached hydrogens (tertiary/aromatic N) is 4. The lowest BCUT2D eigenvalue weighted by atomic mass is 10.2. The van der Waals surface area contributed by atoms with Crippen LogP contribution in [0.5, 0.6) is 0 Å². The zero-order valence-corrected chi connectivity index (χ0v) is 23.7. The number of pyridine rings is 1. The van der Waals surface area contributed by atoms with Gasteiger partial charge in [-0.2, -0.15) is 0 Å². The number of nitrogens with one attached hydrogen (secondary N) is 2. The zero-order valence-electron chi connectivity index (χ0n) is 21.3. The molecule has 1 saturated heterocycles. The number of thiazole rings is 1. The van der Waals surface area contributed by atoms with Crippen LogP contribution in [0.4, 0.5) is 10.9 Å². The maximum atomic E-state index is 12.5. The summed E-state index contributed by atoms with van der Waals surface area (Å²) in [6.07, 6.45) is 1.35. The molecule has 0 aliphatic carbocycles. The normalized spacial score (nSPS) is 18.0. The van der Waals surface area contributed by atoms with Gasteiger partial charge < -0.3 is 20.3 Å². The van der Waals surface area contributed by atoms with Gasteiger partial charge in [0.15, 0.2) is 5.13 Å². The van der Waals surface area contributed by atoms with Crippen LogP contribution in [0.3, 0.4) is 0 Å². The first-order valence-electron chi connectivity index (χ1n) is 12.0. The largest absolute Gasteiger partial charge is 0.372 e. The van der Waals surface area contributed by atoms with Gasteiger partial charge in [0.05, 0.1) is 35.3 Å². The van der Waals surface area contributed by atoms with Crippen molar-refractivity contribution >= 4 is 55.7 Å². The number of ether oxygens (including phenoxy) is 1. The molecule has 3 aromatic rings. The lowest BCUT2D eigenvalue weighted by Gasteiger charge is -2.36. The molecule has 2 N–H and O–H groups in total. The molecule has 1 aliphatic rings. The van der Waals surface area contributed by atoms with Crippen molar-refractivity contribution in [2.24, 2.45) is 0 Å². The van der Waals surface area contributed by atoms with Crippen LogP contribution in [0.1, 0.15) is 38.1 Å². The number of hydrogen-bond donors (Lipinski definition) is 2. The van der Waals surface area contributed by atoms with Gasteiger partial charge in [0.25, 0.3) is 5.91 Å². The van der Waals surface area contributed by atoms with E-state index >= 15 is 0 Å². The van der Waals surface area contributed by atoms with E-state index in [0.717, 1.165) is 29.1 Å². The Hall–Kier alpha value is -3.00. The molecule has 14 heteroatoms.